The summed E-state index contributed by atoms with van der Waals surface area (Å²) >= 11 is 0. The van der Waals surface area contributed by atoms with Crippen LogP contribution in [0, 0.1) is 12.8 Å². The van der Waals surface area contributed by atoms with Gasteiger partial charge < -0.3 is 25.2 Å². The predicted molar refractivity (Wildman–Crippen MR) is 139 cm³/mol. The van der Waals surface area contributed by atoms with Crippen molar-refractivity contribution in [3.8, 4) is 5.75 Å². The lowest BCUT2D eigenvalue weighted by atomic mass is 10.1. The van der Waals surface area contributed by atoms with Crippen molar-refractivity contribution in [1.82, 2.24) is 20.4 Å². The summed E-state index contributed by atoms with van der Waals surface area (Å²) in [6.07, 6.45) is 0.909. The topological polar surface area (TPSA) is 52.1 Å². The van der Waals surface area contributed by atoms with Crippen LogP contribution in [0.4, 0.5) is 0 Å². The molecule has 0 spiro atoms. The molecular weight excluding hydrogens is 489 g/mol. The molecule has 30 heavy (non-hydrogen) atoms. The quantitative estimate of drug-likeness (QED) is 0.276. The number of piperazine rings is 1. The van der Waals surface area contributed by atoms with Gasteiger partial charge in [-0.3, -0.25) is 4.99 Å². The van der Waals surface area contributed by atoms with E-state index < -0.39 is 0 Å². The first-order valence-electron chi connectivity index (χ1n) is 11.2. The lowest BCUT2D eigenvalue weighted by Crippen LogP contribution is -2.47. The third kappa shape index (κ3) is 9.39. The van der Waals surface area contributed by atoms with Gasteiger partial charge in [0.05, 0.1) is 7.11 Å². The van der Waals surface area contributed by atoms with Gasteiger partial charge in [0.2, 0.25) is 0 Å². The molecule has 0 bridgehead atoms. The van der Waals surface area contributed by atoms with E-state index in [1.807, 2.05) is 6.07 Å². The molecule has 0 aliphatic carbocycles. The molecule has 6 nitrogen and oxygen atoms in total. The summed E-state index contributed by atoms with van der Waals surface area (Å²) in [5, 5.41) is 6.84. The van der Waals surface area contributed by atoms with Gasteiger partial charge in [-0.25, -0.2) is 0 Å². The summed E-state index contributed by atoms with van der Waals surface area (Å²) in [5.74, 6) is 2.41. The molecule has 1 saturated heterocycles. The van der Waals surface area contributed by atoms with Gasteiger partial charge in [0.15, 0.2) is 5.96 Å². The van der Waals surface area contributed by atoms with E-state index in [1.165, 1.54) is 43.9 Å². The number of hydrogen-bond donors (Lipinski definition) is 2. The fourth-order valence-electron chi connectivity index (χ4n) is 3.79. The molecule has 1 fully saturated rings. The molecule has 0 radical (unpaired) electrons. The maximum atomic E-state index is 5.49. The van der Waals surface area contributed by atoms with E-state index in [-0.39, 0.29) is 24.0 Å². The molecule has 1 atom stereocenters. The van der Waals surface area contributed by atoms with Crippen LogP contribution in [0.1, 0.15) is 31.9 Å². The Hall–Kier alpha value is -1.06. The minimum Gasteiger partial charge on any atom is -0.496 e. The SMILES string of the molecule is CCNC(=NCC(C)CN1CCN(CC)CC1)NCCc1cc(C)ccc1OC.I. The Morgan fingerprint density at radius 1 is 1.13 bits per heavy atom. The molecule has 0 saturated carbocycles. The zero-order valence-corrected chi connectivity index (χ0v) is 21.9. The van der Waals surface area contributed by atoms with Crippen LogP contribution in [-0.4, -0.2) is 81.8 Å². The van der Waals surface area contributed by atoms with Crippen molar-refractivity contribution in [3.05, 3.63) is 29.3 Å². The van der Waals surface area contributed by atoms with Crippen molar-refractivity contribution in [2.75, 3.05) is 66.0 Å². The van der Waals surface area contributed by atoms with E-state index in [2.05, 4.69) is 60.3 Å². The number of likely N-dealkylation sites (N-methyl/N-ethyl adjacent to an activating group) is 1. The van der Waals surface area contributed by atoms with Gasteiger partial charge in [0.1, 0.15) is 5.75 Å². The zero-order chi connectivity index (χ0) is 21.1. The van der Waals surface area contributed by atoms with Crippen molar-refractivity contribution in [2.45, 2.75) is 34.1 Å². The summed E-state index contributed by atoms with van der Waals surface area (Å²) in [7, 11) is 1.73. The monoisotopic (exact) mass is 531 g/mol. The van der Waals surface area contributed by atoms with Crippen molar-refractivity contribution in [2.24, 2.45) is 10.9 Å². The third-order valence-electron chi connectivity index (χ3n) is 5.51. The number of hydrogen-bond acceptors (Lipinski definition) is 4. The van der Waals surface area contributed by atoms with E-state index in [1.54, 1.807) is 7.11 Å². The van der Waals surface area contributed by atoms with Gasteiger partial charge in [-0.1, -0.05) is 31.5 Å². The van der Waals surface area contributed by atoms with Crippen molar-refractivity contribution in [3.63, 3.8) is 0 Å². The normalized spacial score (nSPS) is 16.6. The fraction of sp³-hybridized carbons (Fsp3) is 0.696. The molecule has 2 rings (SSSR count). The molecule has 1 aliphatic heterocycles. The lowest BCUT2D eigenvalue weighted by molar-refractivity contribution is 0.125. The summed E-state index contributed by atoms with van der Waals surface area (Å²) in [6, 6.07) is 6.34. The first-order chi connectivity index (χ1) is 14.0. The van der Waals surface area contributed by atoms with E-state index in [9.17, 15) is 0 Å². The molecule has 1 aromatic carbocycles. The number of nitrogens with one attached hydrogen (secondary N) is 2. The number of guanidine groups is 1. The number of aliphatic imine (C=N–C) groups is 1. The molecule has 0 aromatic heterocycles. The molecule has 1 aromatic rings. The molecule has 0 amide bonds. The molecule has 172 valence electrons. The second kappa shape index (κ2) is 14.9. The highest BCUT2D eigenvalue weighted by Crippen LogP contribution is 2.19. The minimum absolute atomic E-state index is 0. The average molecular weight is 532 g/mol. The number of benzene rings is 1. The molecule has 1 aliphatic rings. The highest BCUT2D eigenvalue weighted by molar-refractivity contribution is 14.0. The Kier molecular flexibility index (Phi) is 13.4. The summed E-state index contributed by atoms with van der Waals surface area (Å²) in [4.78, 5) is 9.93. The van der Waals surface area contributed by atoms with E-state index in [4.69, 9.17) is 9.73 Å². The van der Waals surface area contributed by atoms with Gasteiger partial charge in [0.25, 0.3) is 0 Å². The number of rotatable bonds is 10. The number of ether oxygens (including phenoxy) is 1. The zero-order valence-electron chi connectivity index (χ0n) is 19.5. The van der Waals surface area contributed by atoms with Crippen LogP contribution in [-0.2, 0) is 6.42 Å². The van der Waals surface area contributed by atoms with Crippen LogP contribution in [0.5, 0.6) is 5.75 Å². The van der Waals surface area contributed by atoms with Crippen LogP contribution in [0.15, 0.2) is 23.2 Å². The van der Waals surface area contributed by atoms with Gasteiger partial charge in [0, 0.05) is 52.4 Å². The van der Waals surface area contributed by atoms with Crippen molar-refractivity contribution in [1.29, 1.82) is 0 Å². The number of methoxy groups -OCH3 is 1. The first kappa shape index (κ1) is 27.0. The summed E-state index contributed by atoms with van der Waals surface area (Å²) < 4.78 is 5.49. The number of aryl methyl sites for hydroxylation is 1. The largest absolute Gasteiger partial charge is 0.496 e. The fourth-order valence-corrected chi connectivity index (χ4v) is 3.79. The highest BCUT2D eigenvalue weighted by Gasteiger charge is 2.17. The van der Waals surface area contributed by atoms with E-state index in [0.29, 0.717) is 5.92 Å². The lowest BCUT2D eigenvalue weighted by Gasteiger charge is -2.35. The molecule has 1 unspecified atom stereocenters. The van der Waals surface area contributed by atoms with Crippen molar-refractivity contribution >= 4 is 29.9 Å². The van der Waals surface area contributed by atoms with E-state index in [0.717, 1.165) is 44.3 Å². The minimum atomic E-state index is 0. The van der Waals surface area contributed by atoms with Crippen molar-refractivity contribution < 1.29 is 4.74 Å². The van der Waals surface area contributed by atoms with Gasteiger partial charge in [-0.15, -0.1) is 24.0 Å². The van der Waals surface area contributed by atoms with Crippen LogP contribution in [0.2, 0.25) is 0 Å². The Morgan fingerprint density at radius 2 is 1.83 bits per heavy atom. The number of halogens is 1. The third-order valence-corrected chi connectivity index (χ3v) is 5.51. The van der Waals surface area contributed by atoms with Crippen LogP contribution < -0.4 is 15.4 Å². The Bertz CT molecular complexity index is 632. The standard InChI is InChI=1S/C23H41N5O.HI/c1-6-24-23(25-11-10-21-16-19(3)8-9-22(21)29-5)26-17-20(4)18-28-14-12-27(7-2)13-15-28;/h8-9,16,20H,6-7,10-15,17-18H2,1-5H3,(H2,24,25,26);1H. The Morgan fingerprint density at radius 3 is 2.47 bits per heavy atom. The summed E-state index contributed by atoms with van der Waals surface area (Å²) in [5.41, 5.74) is 2.49. The maximum absolute atomic E-state index is 5.49. The predicted octanol–water partition coefficient (Wildman–Crippen LogP) is 2.99. The smallest absolute Gasteiger partial charge is 0.191 e. The Labute approximate surface area is 200 Å². The summed E-state index contributed by atoms with van der Waals surface area (Å²) in [6.45, 7) is 18.4. The van der Waals surface area contributed by atoms with Gasteiger partial charge in [-0.05, 0) is 44.4 Å². The molecular formula is C23H42IN5O. The second-order valence-electron chi connectivity index (χ2n) is 8.05. The van der Waals surface area contributed by atoms with Crippen LogP contribution >= 0.6 is 24.0 Å². The van der Waals surface area contributed by atoms with Gasteiger partial charge in [-0.2, -0.15) is 0 Å². The Balaban J connectivity index is 0.00000450. The second-order valence-corrected chi connectivity index (χ2v) is 8.05. The van der Waals surface area contributed by atoms with Gasteiger partial charge >= 0.3 is 0 Å². The van der Waals surface area contributed by atoms with E-state index >= 15 is 0 Å². The first-order valence-corrected chi connectivity index (χ1v) is 11.2. The molecule has 7 heteroatoms. The number of nitrogens with zero attached hydrogens (tertiary/aromatic N) is 3. The molecule has 2 N–H and O–H groups in total. The maximum Gasteiger partial charge on any atom is 0.191 e. The van der Waals surface area contributed by atoms with Crippen LogP contribution in [0.3, 0.4) is 0 Å². The average Bonchev–Trinajstić information content (AvgIpc) is 2.72. The van der Waals surface area contributed by atoms with Crippen LogP contribution in [0.25, 0.3) is 0 Å². The highest BCUT2D eigenvalue weighted by atomic mass is 127. The molecule has 1 heterocycles.